The lowest BCUT2D eigenvalue weighted by Gasteiger charge is -2.24. The van der Waals surface area contributed by atoms with Crippen LogP contribution < -0.4 is 10.3 Å². The third kappa shape index (κ3) is 3.15. The van der Waals surface area contributed by atoms with Gasteiger partial charge in [-0.05, 0) is 61.6 Å². The summed E-state index contributed by atoms with van der Waals surface area (Å²) in [6.07, 6.45) is 3.73. The van der Waals surface area contributed by atoms with Crippen LogP contribution in [0, 0.1) is 13.8 Å². The van der Waals surface area contributed by atoms with Crippen molar-refractivity contribution in [2.24, 2.45) is 0 Å². The van der Waals surface area contributed by atoms with Crippen molar-refractivity contribution in [3.8, 4) is 0 Å². The van der Waals surface area contributed by atoms with Crippen molar-refractivity contribution in [1.82, 2.24) is 4.98 Å². The quantitative estimate of drug-likeness (QED) is 0.416. The van der Waals surface area contributed by atoms with E-state index in [9.17, 15) is 9.59 Å². The Hall–Kier alpha value is -3.38. The molecule has 1 unspecified atom stereocenters. The Morgan fingerprint density at radius 2 is 1.71 bits per heavy atom. The fourth-order valence-corrected chi connectivity index (χ4v) is 4.44. The summed E-state index contributed by atoms with van der Waals surface area (Å²) in [5.74, 6) is 0.216. The van der Waals surface area contributed by atoms with Crippen molar-refractivity contribution < 1.29 is 9.21 Å². The lowest BCUT2D eigenvalue weighted by atomic mass is 9.98. The predicted octanol–water partition coefficient (Wildman–Crippen LogP) is 5.28. The molecule has 1 aliphatic rings. The fraction of sp³-hybridized carbons (Fsp3) is 0.160. The topological polar surface area (TPSA) is 63.4 Å². The van der Waals surface area contributed by atoms with E-state index in [0.29, 0.717) is 22.4 Å². The van der Waals surface area contributed by atoms with Gasteiger partial charge in [0, 0.05) is 11.1 Å². The molecule has 5 rings (SSSR count). The molecule has 154 valence electrons. The summed E-state index contributed by atoms with van der Waals surface area (Å²) in [4.78, 5) is 34.2. The van der Waals surface area contributed by atoms with Crippen LogP contribution in [0.4, 0.5) is 5.82 Å². The molecule has 0 aliphatic carbocycles. The summed E-state index contributed by atoms with van der Waals surface area (Å²) in [7, 11) is 0. The van der Waals surface area contributed by atoms with Crippen LogP contribution in [0.25, 0.3) is 11.0 Å². The Labute approximate surface area is 183 Å². The smallest absolute Gasteiger partial charge is 0.296 e. The molecule has 0 bridgehead atoms. The van der Waals surface area contributed by atoms with Gasteiger partial charge in [-0.2, -0.15) is 0 Å². The second kappa shape index (κ2) is 7.39. The van der Waals surface area contributed by atoms with Crippen LogP contribution in [0.3, 0.4) is 0 Å². The van der Waals surface area contributed by atoms with Gasteiger partial charge in [-0.3, -0.25) is 14.5 Å². The second-order valence-electron chi connectivity index (χ2n) is 7.72. The molecule has 31 heavy (non-hydrogen) atoms. The van der Waals surface area contributed by atoms with E-state index in [1.54, 1.807) is 35.0 Å². The molecule has 0 fully saturated rings. The van der Waals surface area contributed by atoms with Crippen LogP contribution in [0.2, 0.25) is 0 Å². The van der Waals surface area contributed by atoms with Crippen molar-refractivity contribution in [3.05, 3.63) is 99.0 Å². The highest BCUT2D eigenvalue weighted by Gasteiger charge is 2.44. The van der Waals surface area contributed by atoms with Crippen molar-refractivity contribution >= 4 is 34.5 Å². The van der Waals surface area contributed by atoms with Crippen LogP contribution in [0.15, 0.2) is 74.9 Å². The highest BCUT2D eigenvalue weighted by molar-refractivity contribution is 7.98. The number of pyridine rings is 1. The standard InChI is InChI=1S/C25H20N2O3S/c1-14-4-10-19-18(12-14)23(28)21-22(16-6-8-17(31-3)9-7-16)27(25(29)24(21)30-19)20-11-5-15(2)13-26-20/h4-13,22H,1-3H3. The molecule has 0 radical (unpaired) electrons. The molecular weight excluding hydrogens is 408 g/mol. The molecule has 1 atom stereocenters. The lowest BCUT2D eigenvalue weighted by molar-refractivity contribution is 0.0970. The Morgan fingerprint density at radius 3 is 2.39 bits per heavy atom. The van der Waals surface area contributed by atoms with Crippen LogP contribution >= 0.6 is 11.8 Å². The highest BCUT2D eigenvalue weighted by atomic mass is 32.2. The number of fused-ring (bicyclic) bond motifs is 2. The first kappa shape index (κ1) is 19.6. The van der Waals surface area contributed by atoms with Gasteiger partial charge in [0.05, 0.1) is 17.0 Å². The first-order chi connectivity index (χ1) is 15.0. The maximum Gasteiger partial charge on any atom is 0.296 e. The maximum atomic E-state index is 13.6. The van der Waals surface area contributed by atoms with E-state index in [2.05, 4.69) is 4.98 Å². The van der Waals surface area contributed by atoms with E-state index >= 15 is 0 Å². The first-order valence-electron chi connectivity index (χ1n) is 9.95. The average molecular weight is 429 g/mol. The SMILES string of the molecule is CSc1ccc(C2c3c(oc4ccc(C)cc4c3=O)C(=O)N2c2ccc(C)cn2)cc1. The zero-order chi connectivity index (χ0) is 21.7. The van der Waals surface area contributed by atoms with Gasteiger partial charge in [0.2, 0.25) is 5.76 Å². The minimum Gasteiger partial charge on any atom is -0.450 e. The van der Waals surface area contributed by atoms with Gasteiger partial charge in [-0.1, -0.05) is 29.8 Å². The normalized spacial score (nSPS) is 15.5. The monoisotopic (exact) mass is 428 g/mol. The second-order valence-corrected chi connectivity index (χ2v) is 8.60. The third-order valence-corrected chi connectivity index (χ3v) is 6.34. The Balaban J connectivity index is 1.79. The fourth-order valence-electron chi connectivity index (χ4n) is 4.03. The van der Waals surface area contributed by atoms with Crippen LogP contribution in [-0.4, -0.2) is 17.1 Å². The Kier molecular flexibility index (Phi) is 4.67. The molecule has 6 heteroatoms. The minimum absolute atomic E-state index is 0.0858. The summed E-state index contributed by atoms with van der Waals surface area (Å²) < 4.78 is 6.00. The Bertz CT molecular complexity index is 1380. The van der Waals surface area contributed by atoms with E-state index in [0.717, 1.165) is 21.6 Å². The van der Waals surface area contributed by atoms with Crippen molar-refractivity contribution in [2.75, 3.05) is 11.2 Å². The number of carbonyl (C=O) groups excluding carboxylic acids is 1. The Morgan fingerprint density at radius 1 is 0.968 bits per heavy atom. The number of hydrogen-bond donors (Lipinski definition) is 0. The first-order valence-corrected chi connectivity index (χ1v) is 11.2. The summed E-state index contributed by atoms with van der Waals surface area (Å²) >= 11 is 1.64. The highest BCUT2D eigenvalue weighted by Crippen LogP contribution is 2.40. The van der Waals surface area contributed by atoms with Gasteiger partial charge in [0.15, 0.2) is 5.43 Å². The van der Waals surface area contributed by atoms with Gasteiger partial charge in [-0.15, -0.1) is 11.8 Å². The molecule has 4 aromatic rings. The summed E-state index contributed by atoms with van der Waals surface area (Å²) in [6.45, 7) is 3.87. The number of nitrogens with zero attached hydrogens (tertiary/aromatic N) is 2. The number of anilines is 1. The van der Waals surface area contributed by atoms with Crippen molar-refractivity contribution in [2.45, 2.75) is 24.8 Å². The summed E-state index contributed by atoms with van der Waals surface area (Å²) in [6, 6.07) is 16.4. The van der Waals surface area contributed by atoms with E-state index in [1.165, 1.54) is 0 Å². The number of amides is 1. The molecular formula is C25H20N2O3S. The molecule has 0 saturated carbocycles. The summed E-state index contributed by atoms with van der Waals surface area (Å²) in [5.41, 5.74) is 3.39. The number of hydrogen-bond acceptors (Lipinski definition) is 5. The molecule has 0 spiro atoms. The molecule has 2 aromatic carbocycles. The third-order valence-electron chi connectivity index (χ3n) is 5.60. The molecule has 0 N–H and O–H groups in total. The average Bonchev–Trinajstić information content (AvgIpc) is 3.07. The zero-order valence-corrected chi connectivity index (χ0v) is 18.2. The van der Waals surface area contributed by atoms with Gasteiger partial charge in [0.1, 0.15) is 11.4 Å². The number of carbonyl (C=O) groups is 1. The van der Waals surface area contributed by atoms with E-state index in [1.807, 2.05) is 62.6 Å². The summed E-state index contributed by atoms with van der Waals surface area (Å²) in [5, 5.41) is 0.482. The molecule has 1 aliphatic heterocycles. The largest absolute Gasteiger partial charge is 0.450 e. The predicted molar refractivity (Wildman–Crippen MR) is 123 cm³/mol. The molecule has 1 amide bonds. The molecule has 3 heterocycles. The van der Waals surface area contributed by atoms with E-state index < -0.39 is 6.04 Å². The van der Waals surface area contributed by atoms with Crippen LogP contribution in [-0.2, 0) is 0 Å². The van der Waals surface area contributed by atoms with E-state index in [-0.39, 0.29) is 17.1 Å². The lowest BCUT2D eigenvalue weighted by Crippen LogP contribution is -2.30. The maximum absolute atomic E-state index is 13.6. The van der Waals surface area contributed by atoms with Crippen LogP contribution in [0.5, 0.6) is 0 Å². The van der Waals surface area contributed by atoms with E-state index in [4.69, 9.17) is 4.42 Å². The molecule has 0 saturated heterocycles. The molecule has 5 nitrogen and oxygen atoms in total. The van der Waals surface area contributed by atoms with Crippen molar-refractivity contribution in [3.63, 3.8) is 0 Å². The van der Waals surface area contributed by atoms with Gasteiger partial charge < -0.3 is 4.42 Å². The zero-order valence-electron chi connectivity index (χ0n) is 17.4. The minimum atomic E-state index is -0.602. The number of aromatic nitrogens is 1. The number of benzene rings is 2. The molecule has 2 aromatic heterocycles. The van der Waals surface area contributed by atoms with Gasteiger partial charge in [-0.25, -0.2) is 4.98 Å². The number of rotatable bonds is 3. The number of aryl methyl sites for hydroxylation is 2. The van der Waals surface area contributed by atoms with Crippen LogP contribution in [0.1, 0.15) is 38.9 Å². The van der Waals surface area contributed by atoms with Crippen molar-refractivity contribution in [1.29, 1.82) is 0 Å². The number of thioether (sulfide) groups is 1. The van der Waals surface area contributed by atoms with Gasteiger partial charge in [0.25, 0.3) is 5.91 Å². The van der Waals surface area contributed by atoms with Gasteiger partial charge >= 0.3 is 0 Å².